The van der Waals surface area contributed by atoms with E-state index in [0.717, 1.165) is 4.90 Å². The van der Waals surface area contributed by atoms with E-state index in [1.165, 1.54) is 17.8 Å². The van der Waals surface area contributed by atoms with E-state index < -0.39 is 5.82 Å². The first-order valence-corrected chi connectivity index (χ1v) is 6.51. The molecule has 0 aliphatic rings. The highest BCUT2D eigenvalue weighted by atomic mass is 35.5. The van der Waals surface area contributed by atoms with Gasteiger partial charge in [0.25, 0.3) is 0 Å². The first-order valence-electron chi connectivity index (χ1n) is 5.31. The molecule has 0 bridgehead atoms. The van der Waals surface area contributed by atoms with Gasteiger partial charge in [-0.15, -0.1) is 0 Å². The molecule has 3 N–H and O–H groups in total. The molecule has 0 amide bonds. The predicted octanol–water partition coefficient (Wildman–Crippen LogP) is 3.72. The minimum atomic E-state index is -0.533. The van der Waals surface area contributed by atoms with Crippen LogP contribution in [-0.2, 0) is 0 Å². The molecule has 0 atom stereocenters. The molecule has 2 rings (SSSR count). The Kier molecular flexibility index (Phi) is 4.29. The Balaban J connectivity index is 2.40. The molecule has 0 fully saturated rings. The second-order valence-corrected chi connectivity index (χ2v) is 5.21. The Morgan fingerprint density at radius 2 is 1.89 bits per heavy atom. The molecule has 2 aromatic rings. The second kappa shape index (κ2) is 5.95. The monoisotopic (exact) mass is 296 g/mol. The number of benzene rings is 2. The van der Waals surface area contributed by atoms with Crippen molar-refractivity contribution in [3.05, 3.63) is 58.9 Å². The van der Waals surface area contributed by atoms with Crippen molar-refractivity contribution in [2.75, 3.05) is 0 Å². The lowest BCUT2D eigenvalue weighted by atomic mass is 10.2. The normalized spacial score (nSPS) is 11.6. The summed E-state index contributed by atoms with van der Waals surface area (Å²) in [6.45, 7) is 0. The fourth-order valence-electron chi connectivity index (χ4n) is 1.52. The summed E-state index contributed by atoms with van der Waals surface area (Å²) < 4.78 is 13.7. The summed E-state index contributed by atoms with van der Waals surface area (Å²) in [5.74, 6) is -0.788. The number of oxime groups is 1. The number of hydrogen-bond donors (Lipinski definition) is 2. The van der Waals surface area contributed by atoms with Crippen molar-refractivity contribution in [2.24, 2.45) is 10.9 Å². The van der Waals surface area contributed by atoms with Crippen LogP contribution in [0.2, 0.25) is 5.02 Å². The minimum absolute atomic E-state index is 0.0879. The maximum Gasteiger partial charge on any atom is 0.174 e. The maximum absolute atomic E-state index is 13.7. The Labute approximate surface area is 118 Å². The topological polar surface area (TPSA) is 58.6 Å². The average molecular weight is 297 g/mol. The van der Waals surface area contributed by atoms with Crippen molar-refractivity contribution in [1.29, 1.82) is 0 Å². The first-order chi connectivity index (χ1) is 9.11. The zero-order valence-electron chi connectivity index (χ0n) is 9.68. The molecule has 0 aromatic heterocycles. The van der Waals surface area contributed by atoms with Gasteiger partial charge in [0.05, 0.1) is 5.56 Å². The quantitative estimate of drug-likeness (QED) is 0.393. The largest absolute Gasteiger partial charge is 0.409 e. The van der Waals surface area contributed by atoms with Crippen LogP contribution in [-0.4, -0.2) is 11.0 Å². The Morgan fingerprint density at radius 1 is 1.21 bits per heavy atom. The second-order valence-electron chi connectivity index (χ2n) is 3.65. The molecule has 0 saturated heterocycles. The Morgan fingerprint density at radius 3 is 2.53 bits per heavy atom. The zero-order valence-corrected chi connectivity index (χ0v) is 11.2. The van der Waals surface area contributed by atoms with Crippen molar-refractivity contribution < 1.29 is 9.60 Å². The van der Waals surface area contributed by atoms with E-state index in [1.54, 1.807) is 24.3 Å². The summed E-state index contributed by atoms with van der Waals surface area (Å²) in [5, 5.41) is 12.2. The van der Waals surface area contributed by atoms with E-state index >= 15 is 0 Å². The van der Waals surface area contributed by atoms with Crippen molar-refractivity contribution in [3.8, 4) is 0 Å². The van der Waals surface area contributed by atoms with Gasteiger partial charge in [0.2, 0.25) is 0 Å². The lowest BCUT2D eigenvalue weighted by molar-refractivity contribution is 0.318. The highest BCUT2D eigenvalue weighted by Crippen LogP contribution is 2.32. The van der Waals surface area contributed by atoms with Gasteiger partial charge in [0, 0.05) is 14.8 Å². The van der Waals surface area contributed by atoms with Crippen LogP contribution in [0.5, 0.6) is 0 Å². The molecular weight excluding hydrogens is 287 g/mol. The number of nitrogens with zero attached hydrogens (tertiary/aromatic N) is 1. The lowest BCUT2D eigenvalue weighted by Gasteiger charge is -2.08. The van der Waals surface area contributed by atoms with Crippen LogP contribution < -0.4 is 5.73 Å². The summed E-state index contributed by atoms with van der Waals surface area (Å²) in [5.41, 5.74) is 5.59. The molecule has 0 spiro atoms. The third-order valence-corrected chi connectivity index (χ3v) is 3.70. The van der Waals surface area contributed by atoms with E-state index in [2.05, 4.69) is 5.16 Å². The smallest absolute Gasteiger partial charge is 0.174 e. The number of halogens is 2. The minimum Gasteiger partial charge on any atom is -0.409 e. The van der Waals surface area contributed by atoms with Gasteiger partial charge < -0.3 is 10.9 Å². The third kappa shape index (κ3) is 3.19. The van der Waals surface area contributed by atoms with Crippen LogP contribution >= 0.6 is 23.4 Å². The van der Waals surface area contributed by atoms with Crippen molar-refractivity contribution in [3.63, 3.8) is 0 Å². The van der Waals surface area contributed by atoms with Gasteiger partial charge in [-0.2, -0.15) is 0 Å². The summed E-state index contributed by atoms with van der Waals surface area (Å²) in [7, 11) is 0. The molecular formula is C13H10ClFN2OS. The molecule has 0 radical (unpaired) electrons. The summed E-state index contributed by atoms with van der Waals surface area (Å²) in [4.78, 5) is 1.44. The van der Waals surface area contributed by atoms with Gasteiger partial charge in [-0.05, 0) is 36.4 Å². The standard InChI is InChI=1S/C13H10ClFN2OS/c14-8-4-6-9(7-5-8)19-11-3-1-2-10(15)12(11)13(16)17-18/h1-7,18H,(H2,16,17). The molecule has 19 heavy (non-hydrogen) atoms. The summed E-state index contributed by atoms with van der Waals surface area (Å²) in [6, 6.07) is 11.7. The lowest BCUT2D eigenvalue weighted by Crippen LogP contribution is -2.16. The van der Waals surface area contributed by atoms with Gasteiger partial charge in [-0.1, -0.05) is 34.6 Å². The molecule has 98 valence electrons. The van der Waals surface area contributed by atoms with E-state index in [4.69, 9.17) is 22.5 Å². The van der Waals surface area contributed by atoms with Crippen LogP contribution in [0.15, 0.2) is 57.4 Å². The van der Waals surface area contributed by atoms with Crippen LogP contribution in [0.3, 0.4) is 0 Å². The van der Waals surface area contributed by atoms with Crippen LogP contribution in [0.1, 0.15) is 5.56 Å². The van der Waals surface area contributed by atoms with E-state index in [-0.39, 0.29) is 11.4 Å². The predicted molar refractivity (Wildman–Crippen MR) is 74.5 cm³/mol. The highest BCUT2D eigenvalue weighted by molar-refractivity contribution is 7.99. The number of nitrogens with two attached hydrogens (primary N) is 1. The maximum atomic E-state index is 13.7. The molecule has 2 aromatic carbocycles. The molecule has 3 nitrogen and oxygen atoms in total. The van der Waals surface area contributed by atoms with E-state index in [1.807, 2.05) is 12.1 Å². The van der Waals surface area contributed by atoms with Gasteiger partial charge in [0.1, 0.15) is 5.82 Å². The van der Waals surface area contributed by atoms with Gasteiger partial charge in [-0.25, -0.2) is 4.39 Å². The van der Waals surface area contributed by atoms with Gasteiger partial charge >= 0.3 is 0 Å². The van der Waals surface area contributed by atoms with E-state index in [9.17, 15) is 4.39 Å². The Hall–Kier alpha value is -1.72. The zero-order chi connectivity index (χ0) is 13.8. The van der Waals surface area contributed by atoms with Crippen molar-refractivity contribution >= 4 is 29.2 Å². The average Bonchev–Trinajstić information content (AvgIpc) is 2.41. The number of amidine groups is 1. The summed E-state index contributed by atoms with van der Waals surface area (Å²) in [6.07, 6.45) is 0. The van der Waals surface area contributed by atoms with Crippen LogP contribution in [0.25, 0.3) is 0 Å². The molecule has 0 aliphatic carbocycles. The number of hydrogen-bond acceptors (Lipinski definition) is 3. The first kappa shape index (κ1) is 13.7. The van der Waals surface area contributed by atoms with Crippen molar-refractivity contribution in [1.82, 2.24) is 0 Å². The molecule has 6 heteroatoms. The molecule has 0 aliphatic heterocycles. The van der Waals surface area contributed by atoms with Crippen molar-refractivity contribution in [2.45, 2.75) is 9.79 Å². The molecule has 0 heterocycles. The number of rotatable bonds is 3. The fourth-order valence-corrected chi connectivity index (χ4v) is 2.62. The molecule has 0 unspecified atom stereocenters. The van der Waals surface area contributed by atoms with Crippen LogP contribution in [0.4, 0.5) is 4.39 Å². The SMILES string of the molecule is NC(=NO)c1c(F)cccc1Sc1ccc(Cl)cc1. The van der Waals surface area contributed by atoms with E-state index in [0.29, 0.717) is 9.92 Å². The van der Waals surface area contributed by atoms with Gasteiger partial charge in [0.15, 0.2) is 5.84 Å². The summed E-state index contributed by atoms with van der Waals surface area (Å²) >= 11 is 7.11. The Bertz CT molecular complexity index is 617. The highest BCUT2D eigenvalue weighted by Gasteiger charge is 2.13. The van der Waals surface area contributed by atoms with Crippen LogP contribution in [0, 0.1) is 5.82 Å². The van der Waals surface area contributed by atoms with Gasteiger partial charge in [-0.3, -0.25) is 0 Å². The third-order valence-electron chi connectivity index (χ3n) is 2.38. The fraction of sp³-hybridized carbons (Fsp3) is 0. The molecule has 0 saturated carbocycles.